The lowest BCUT2D eigenvalue weighted by Crippen LogP contribution is -2.53. The van der Waals surface area contributed by atoms with Crippen molar-refractivity contribution < 1.29 is 18.0 Å². The minimum atomic E-state index is -3.64. The molecule has 1 atom stereocenters. The van der Waals surface area contributed by atoms with Gasteiger partial charge in [0.05, 0.1) is 16.5 Å². The van der Waals surface area contributed by atoms with Gasteiger partial charge >= 0.3 is 0 Å². The molecule has 9 heteroatoms. The van der Waals surface area contributed by atoms with Crippen molar-refractivity contribution in [1.82, 2.24) is 14.8 Å². The number of nitrogens with zero attached hydrogens (tertiary/aromatic N) is 3. The van der Waals surface area contributed by atoms with E-state index in [1.165, 1.54) is 44.4 Å². The highest BCUT2D eigenvalue weighted by Gasteiger charge is 2.34. The Morgan fingerprint density at radius 1 is 1.14 bits per heavy atom. The highest BCUT2D eigenvalue weighted by Crippen LogP contribution is 2.34. The predicted octanol–water partition coefficient (Wildman–Crippen LogP) is 2.18. The van der Waals surface area contributed by atoms with Crippen LogP contribution in [0.4, 0.5) is 0 Å². The van der Waals surface area contributed by atoms with Crippen LogP contribution in [0.1, 0.15) is 62.6 Å². The van der Waals surface area contributed by atoms with Crippen LogP contribution in [0.25, 0.3) is 0 Å². The smallest absolute Gasteiger partial charge is 0.240 e. The van der Waals surface area contributed by atoms with Crippen LogP contribution < -0.4 is 0 Å². The monoisotopic (exact) mass is 427 g/mol. The molecule has 2 fully saturated rings. The maximum atomic E-state index is 12.8. The third kappa shape index (κ3) is 4.92. The molecule has 3 rings (SSSR count). The first-order valence-corrected chi connectivity index (χ1v) is 12.6. The van der Waals surface area contributed by atoms with Crippen LogP contribution in [0.5, 0.6) is 0 Å². The van der Waals surface area contributed by atoms with Gasteiger partial charge in [0.15, 0.2) is 9.84 Å². The first-order chi connectivity index (χ1) is 13.3. The van der Waals surface area contributed by atoms with Crippen LogP contribution in [0.15, 0.2) is 5.38 Å². The van der Waals surface area contributed by atoms with Crippen molar-refractivity contribution in [2.24, 2.45) is 0 Å². The number of amides is 2. The van der Waals surface area contributed by atoms with E-state index in [9.17, 15) is 18.0 Å². The molecule has 2 heterocycles. The number of carbonyl (C=O) groups excluding carboxylic acids is 2. The molecule has 1 aliphatic heterocycles. The predicted molar refractivity (Wildman–Crippen MR) is 109 cm³/mol. The van der Waals surface area contributed by atoms with E-state index >= 15 is 0 Å². The summed E-state index contributed by atoms with van der Waals surface area (Å²) in [5, 5.41) is 1.75. The molecule has 2 amide bonds. The molecule has 2 aliphatic rings. The maximum absolute atomic E-state index is 12.8. The zero-order chi connectivity index (χ0) is 20.3. The SMILES string of the molecule is CC(=O)N1CCN(C(=O)[C@H](C)S(=O)(=O)Cc2csc(C3CCCCC3)n2)CC1. The molecule has 0 unspecified atom stereocenters. The van der Waals surface area contributed by atoms with Gasteiger partial charge in [-0.1, -0.05) is 19.3 Å². The Balaban J connectivity index is 1.60. The van der Waals surface area contributed by atoms with Gasteiger partial charge in [-0.05, 0) is 19.8 Å². The third-order valence-corrected chi connectivity index (χ3v) is 8.83. The summed E-state index contributed by atoms with van der Waals surface area (Å²) in [5.74, 6) is -0.154. The number of rotatable bonds is 5. The molecule has 7 nitrogen and oxygen atoms in total. The summed E-state index contributed by atoms with van der Waals surface area (Å²) >= 11 is 1.54. The van der Waals surface area contributed by atoms with Gasteiger partial charge in [-0.15, -0.1) is 11.3 Å². The van der Waals surface area contributed by atoms with E-state index in [0.717, 1.165) is 17.8 Å². The number of thiazole rings is 1. The van der Waals surface area contributed by atoms with Gasteiger partial charge < -0.3 is 9.80 Å². The second kappa shape index (κ2) is 8.90. The Bertz CT molecular complexity index is 807. The fraction of sp³-hybridized carbons (Fsp3) is 0.737. The van der Waals surface area contributed by atoms with Crippen LogP contribution in [0.3, 0.4) is 0 Å². The Hall–Kier alpha value is -1.48. The molecule has 0 radical (unpaired) electrons. The average molecular weight is 428 g/mol. The minimum Gasteiger partial charge on any atom is -0.339 e. The van der Waals surface area contributed by atoms with Crippen molar-refractivity contribution in [2.45, 2.75) is 62.9 Å². The molecule has 156 valence electrons. The fourth-order valence-corrected chi connectivity index (χ4v) is 6.27. The van der Waals surface area contributed by atoms with Gasteiger partial charge in [0.1, 0.15) is 5.25 Å². The van der Waals surface area contributed by atoms with E-state index in [4.69, 9.17) is 0 Å². The van der Waals surface area contributed by atoms with E-state index in [1.807, 2.05) is 5.38 Å². The van der Waals surface area contributed by atoms with Gasteiger partial charge in [-0.3, -0.25) is 9.59 Å². The van der Waals surface area contributed by atoms with Crippen LogP contribution in [0.2, 0.25) is 0 Å². The van der Waals surface area contributed by atoms with E-state index in [-0.39, 0.29) is 17.6 Å². The summed E-state index contributed by atoms with van der Waals surface area (Å²) in [4.78, 5) is 31.9. The number of sulfone groups is 1. The lowest BCUT2D eigenvalue weighted by molar-refractivity contribution is -0.137. The van der Waals surface area contributed by atoms with Crippen LogP contribution in [0, 0.1) is 0 Å². The standard InChI is InChI=1S/C19H29N3O4S2/c1-14(19(24)22-10-8-21(9-11-22)15(2)23)28(25,26)13-17-12-27-18(20-17)16-6-4-3-5-7-16/h12,14,16H,3-11,13H2,1-2H3/t14-/m0/s1. The van der Waals surface area contributed by atoms with Gasteiger partial charge in [0, 0.05) is 44.4 Å². The molecule has 1 aliphatic carbocycles. The second-order valence-corrected chi connectivity index (χ2v) is 11.0. The Morgan fingerprint density at radius 2 is 1.75 bits per heavy atom. The second-order valence-electron chi connectivity index (χ2n) is 7.79. The number of carbonyl (C=O) groups is 2. The van der Waals surface area contributed by atoms with Crippen molar-refractivity contribution in [3.05, 3.63) is 16.1 Å². The Morgan fingerprint density at radius 3 is 2.36 bits per heavy atom. The normalized spacial score (nSPS) is 20.2. The van der Waals surface area contributed by atoms with Gasteiger partial charge in [0.2, 0.25) is 11.8 Å². The summed E-state index contributed by atoms with van der Waals surface area (Å²) in [5.41, 5.74) is 0.548. The zero-order valence-electron chi connectivity index (χ0n) is 16.6. The Labute approximate surface area is 171 Å². The maximum Gasteiger partial charge on any atom is 0.240 e. The highest BCUT2D eigenvalue weighted by atomic mass is 32.2. The number of piperazine rings is 1. The molecule has 1 aromatic heterocycles. The van der Waals surface area contributed by atoms with E-state index in [1.54, 1.807) is 9.80 Å². The van der Waals surface area contributed by atoms with Crippen molar-refractivity contribution in [3.8, 4) is 0 Å². The topological polar surface area (TPSA) is 87.7 Å². The molecule has 0 bridgehead atoms. The molecule has 1 saturated heterocycles. The summed E-state index contributed by atoms with van der Waals surface area (Å²) < 4.78 is 25.6. The summed E-state index contributed by atoms with van der Waals surface area (Å²) in [7, 11) is -3.64. The molecular formula is C19H29N3O4S2. The van der Waals surface area contributed by atoms with E-state index < -0.39 is 15.1 Å². The quantitative estimate of drug-likeness (QED) is 0.719. The number of aromatic nitrogens is 1. The minimum absolute atomic E-state index is 0.0231. The van der Waals surface area contributed by atoms with Crippen LogP contribution in [-0.4, -0.2) is 66.4 Å². The molecule has 0 N–H and O–H groups in total. The van der Waals surface area contributed by atoms with Gasteiger partial charge in [-0.25, -0.2) is 13.4 Å². The number of hydrogen-bond acceptors (Lipinski definition) is 6. The molecule has 0 spiro atoms. The summed E-state index contributed by atoms with van der Waals surface area (Å²) in [6.45, 7) is 4.61. The van der Waals surface area contributed by atoms with Crippen molar-refractivity contribution in [1.29, 1.82) is 0 Å². The van der Waals surface area contributed by atoms with Crippen molar-refractivity contribution in [2.75, 3.05) is 26.2 Å². The van der Waals surface area contributed by atoms with Crippen LogP contribution >= 0.6 is 11.3 Å². The van der Waals surface area contributed by atoms with Crippen molar-refractivity contribution >= 4 is 33.0 Å². The first kappa shape index (κ1) is 21.2. The first-order valence-electron chi connectivity index (χ1n) is 9.98. The van der Waals surface area contributed by atoms with Gasteiger partial charge in [-0.2, -0.15) is 0 Å². The lowest BCUT2D eigenvalue weighted by atomic mass is 9.90. The van der Waals surface area contributed by atoms with Crippen molar-refractivity contribution in [3.63, 3.8) is 0 Å². The molecule has 1 saturated carbocycles. The molecule has 1 aromatic rings. The largest absolute Gasteiger partial charge is 0.339 e. The zero-order valence-corrected chi connectivity index (χ0v) is 18.2. The molecular weight excluding hydrogens is 398 g/mol. The number of hydrogen-bond donors (Lipinski definition) is 0. The summed E-state index contributed by atoms with van der Waals surface area (Å²) in [6.07, 6.45) is 5.94. The van der Waals surface area contributed by atoms with E-state index in [0.29, 0.717) is 37.8 Å². The highest BCUT2D eigenvalue weighted by molar-refractivity contribution is 7.92. The molecule has 28 heavy (non-hydrogen) atoms. The molecule has 0 aromatic carbocycles. The van der Waals surface area contributed by atoms with E-state index in [2.05, 4.69) is 4.98 Å². The average Bonchev–Trinajstić information content (AvgIpc) is 3.15. The van der Waals surface area contributed by atoms with Gasteiger partial charge in [0.25, 0.3) is 0 Å². The summed E-state index contributed by atoms with van der Waals surface area (Å²) in [6, 6.07) is 0. The van der Waals surface area contributed by atoms with Crippen LogP contribution in [-0.2, 0) is 25.2 Å². The third-order valence-electron chi connectivity index (χ3n) is 5.80. The lowest BCUT2D eigenvalue weighted by Gasteiger charge is -2.35. The fourth-order valence-electron chi connectivity index (χ4n) is 3.91. The Kier molecular flexibility index (Phi) is 6.75.